The summed E-state index contributed by atoms with van der Waals surface area (Å²) in [6.45, 7) is 1.55. The molecule has 2 heterocycles. The van der Waals surface area contributed by atoms with E-state index in [1.807, 2.05) is 0 Å². The van der Waals surface area contributed by atoms with Crippen molar-refractivity contribution in [3.63, 3.8) is 0 Å². The number of rotatable bonds is 8. The molecule has 2 aliphatic heterocycles. The van der Waals surface area contributed by atoms with Crippen LogP contribution in [-0.4, -0.2) is 37.0 Å². The van der Waals surface area contributed by atoms with Crippen LogP contribution in [0.1, 0.15) is 54.4 Å². The second kappa shape index (κ2) is 10.7. The van der Waals surface area contributed by atoms with Crippen molar-refractivity contribution < 1.29 is 42.4 Å². The second-order valence-corrected chi connectivity index (χ2v) is 10.0. The summed E-state index contributed by atoms with van der Waals surface area (Å²) in [5, 5.41) is 9.12. The molecular weight excluding hydrogens is 510 g/mol. The zero-order valence-corrected chi connectivity index (χ0v) is 21.2. The Balaban J connectivity index is 1.20. The molecule has 204 valence electrons. The molecule has 1 aliphatic carbocycles. The van der Waals surface area contributed by atoms with Gasteiger partial charge >= 0.3 is 5.97 Å². The van der Waals surface area contributed by atoms with E-state index < -0.39 is 23.7 Å². The van der Waals surface area contributed by atoms with E-state index in [0.717, 1.165) is 18.4 Å². The summed E-state index contributed by atoms with van der Waals surface area (Å²) >= 11 is 0. The van der Waals surface area contributed by atoms with Gasteiger partial charge in [0, 0.05) is 47.6 Å². The number of benzene rings is 3. The van der Waals surface area contributed by atoms with E-state index in [-0.39, 0.29) is 24.2 Å². The van der Waals surface area contributed by atoms with Gasteiger partial charge < -0.3 is 28.8 Å². The van der Waals surface area contributed by atoms with Crippen molar-refractivity contribution >= 4 is 5.97 Å². The van der Waals surface area contributed by atoms with Crippen LogP contribution in [-0.2, 0) is 16.0 Å². The van der Waals surface area contributed by atoms with Crippen LogP contribution in [0.4, 0.5) is 8.78 Å². The van der Waals surface area contributed by atoms with Crippen LogP contribution in [0, 0.1) is 11.6 Å². The van der Waals surface area contributed by atoms with Gasteiger partial charge in [0.2, 0.25) is 0 Å². The van der Waals surface area contributed by atoms with Crippen molar-refractivity contribution in [2.75, 3.05) is 19.8 Å². The Morgan fingerprint density at radius 1 is 0.923 bits per heavy atom. The van der Waals surface area contributed by atoms with E-state index in [1.54, 1.807) is 24.3 Å². The molecular formula is C30H28F2O7. The summed E-state index contributed by atoms with van der Waals surface area (Å²) in [6, 6.07) is 12.5. The lowest BCUT2D eigenvalue weighted by Gasteiger charge is -2.23. The number of hydrogen-bond donors (Lipinski definition) is 1. The Kier molecular flexibility index (Phi) is 6.99. The molecule has 1 N–H and O–H groups in total. The predicted octanol–water partition coefficient (Wildman–Crippen LogP) is 6.33. The predicted molar refractivity (Wildman–Crippen MR) is 136 cm³/mol. The fourth-order valence-corrected chi connectivity index (χ4v) is 5.47. The number of halogens is 2. The fourth-order valence-electron chi connectivity index (χ4n) is 5.47. The molecule has 1 saturated heterocycles. The summed E-state index contributed by atoms with van der Waals surface area (Å²) < 4.78 is 58.9. The quantitative estimate of drug-likeness (QED) is 0.359. The van der Waals surface area contributed by atoms with Crippen molar-refractivity contribution in [2.45, 2.75) is 50.2 Å². The summed E-state index contributed by atoms with van der Waals surface area (Å²) in [5.74, 6) is -0.109. The van der Waals surface area contributed by atoms with Crippen LogP contribution >= 0.6 is 0 Å². The highest BCUT2D eigenvalue weighted by atomic mass is 19.1. The Labute approximate surface area is 224 Å². The molecule has 3 aromatic rings. The molecule has 0 amide bonds. The summed E-state index contributed by atoms with van der Waals surface area (Å²) in [5.41, 5.74) is 1.84. The first kappa shape index (κ1) is 25.4. The molecule has 39 heavy (non-hydrogen) atoms. The summed E-state index contributed by atoms with van der Waals surface area (Å²) in [4.78, 5) is 11.1. The molecule has 6 rings (SSSR count). The maximum absolute atomic E-state index is 15.0. The molecule has 0 radical (unpaired) electrons. The van der Waals surface area contributed by atoms with Gasteiger partial charge in [-0.05, 0) is 43.2 Å². The van der Waals surface area contributed by atoms with E-state index in [9.17, 15) is 9.18 Å². The monoisotopic (exact) mass is 538 g/mol. The van der Waals surface area contributed by atoms with E-state index >= 15 is 4.39 Å². The molecule has 3 aromatic carbocycles. The van der Waals surface area contributed by atoms with E-state index in [2.05, 4.69) is 0 Å². The van der Waals surface area contributed by atoms with E-state index in [4.69, 9.17) is 28.8 Å². The van der Waals surface area contributed by atoms with Gasteiger partial charge in [-0.3, -0.25) is 4.79 Å². The minimum Gasteiger partial charge on any atom is -0.492 e. The summed E-state index contributed by atoms with van der Waals surface area (Å²) in [7, 11) is 0. The third kappa shape index (κ3) is 5.36. The SMILES string of the molecule is O=C(O)C[C@@H]1COc2cc(O[C@@H]3CCc4c(Oc5cc(OC6CCOCC6)ccc5F)ccc(F)c43)ccc21. The lowest BCUT2D eigenvalue weighted by atomic mass is 9.98. The number of carboxylic acids is 1. The number of hydrogen-bond acceptors (Lipinski definition) is 6. The zero-order valence-electron chi connectivity index (χ0n) is 21.2. The van der Waals surface area contributed by atoms with E-state index in [1.165, 1.54) is 24.3 Å². The highest BCUT2D eigenvalue weighted by Crippen LogP contribution is 2.45. The van der Waals surface area contributed by atoms with Gasteiger partial charge in [0.25, 0.3) is 0 Å². The number of fused-ring (bicyclic) bond motifs is 2. The lowest BCUT2D eigenvalue weighted by molar-refractivity contribution is -0.137. The molecule has 0 aromatic heterocycles. The van der Waals surface area contributed by atoms with Crippen LogP contribution in [0.5, 0.6) is 28.7 Å². The van der Waals surface area contributed by atoms with Crippen LogP contribution in [0.25, 0.3) is 0 Å². The molecule has 3 aliphatic rings. The van der Waals surface area contributed by atoms with Gasteiger partial charge in [-0.2, -0.15) is 0 Å². The Morgan fingerprint density at radius 3 is 2.51 bits per heavy atom. The first-order chi connectivity index (χ1) is 18.9. The van der Waals surface area contributed by atoms with Crippen molar-refractivity contribution in [1.29, 1.82) is 0 Å². The lowest BCUT2D eigenvalue weighted by Crippen LogP contribution is -2.25. The first-order valence-corrected chi connectivity index (χ1v) is 13.1. The van der Waals surface area contributed by atoms with Crippen molar-refractivity contribution in [3.8, 4) is 28.7 Å². The third-order valence-electron chi connectivity index (χ3n) is 7.40. The minimum absolute atomic E-state index is 0.00212. The Hall–Kier alpha value is -3.85. The summed E-state index contributed by atoms with van der Waals surface area (Å²) in [6.07, 6.45) is 1.96. The van der Waals surface area contributed by atoms with Crippen molar-refractivity contribution in [1.82, 2.24) is 0 Å². The average molecular weight is 539 g/mol. The topological polar surface area (TPSA) is 83.5 Å². The highest BCUT2D eigenvalue weighted by molar-refractivity contribution is 5.68. The molecule has 2 atom stereocenters. The van der Waals surface area contributed by atoms with Gasteiger partial charge in [-0.25, -0.2) is 8.78 Å². The zero-order chi connectivity index (χ0) is 26.9. The number of aliphatic carboxylic acids is 1. The molecule has 0 saturated carbocycles. The van der Waals surface area contributed by atoms with Gasteiger partial charge in [0.15, 0.2) is 11.6 Å². The molecule has 0 spiro atoms. The van der Waals surface area contributed by atoms with E-state index in [0.29, 0.717) is 66.8 Å². The minimum atomic E-state index is -0.883. The Morgan fingerprint density at radius 2 is 1.69 bits per heavy atom. The van der Waals surface area contributed by atoms with Crippen LogP contribution in [0.2, 0.25) is 0 Å². The second-order valence-electron chi connectivity index (χ2n) is 10.0. The Bertz CT molecular complexity index is 1390. The molecule has 7 nitrogen and oxygen atoms in total. The maximum atomic E-state index is 15.0. The highest BCUT2D eigenvalue weighted by Gasteiger charge is 2.32. The molecule has 0 unspecified atom stereocenters. The van der Waals surface area contributed by atoms with Gasteiger partial charge in [0.1, 0.15) is 41.0 Å². The molecule has 1 fully saturated rings. The van der Waals surface area contributed by atoms with Crippen LogP contribution < -0.4 is 18.9 Å². The standard InChI is InChI=1S/C30H28F2O7/c31-23-5-2-19(37-18-9-11-35-12-10-18)15-28(23)39-25-8-6-24(32)30-22(25)4-7-26(30)38-20-1-3-21-17(13-29(33)34)16-36-27(21)14-20/h1-3,5-6,8,14-15,17-18,26H,4,7,9-13,16H2,(H,33,34)/t17-,26-/m1/s1. The molecule has 0 bridgehead atoms. The van der Waals surface area contributed by atoms with Crippen LogP contribution in [0.3, 0.4) is 0 Å². The van der Waals surface area contributed by atoms with Gasteiger partial charge in [-0.15, -0.1) is 0 Å². The molecule has 9 heteroatoms. The van der Waals surface area contributed by atoms with Crippen LogP contribution in [0.15, 0.2) is 48.5 Å². The van der Waals surface area contributed by atoms with Crippen molar-refractivity contribution in [2.24, 2.45) is 0 Å². The number of carbonyl (C=O) groups is 1. The first-order valence-electron chi connectivity index (χ1n) is 13.1. The average Bonchev–Trinajstić information content (AvgIpc) is 3.52. The number of carboxylic acid groups (broad SMARTS) is 1. The van der Waals surface area contributed by atoms with Gasteiger partial charge in [-0.1, -0.05) is 6.07 Å². The number of ether oxygens (including phenoxy) is 5. The largest absolute Gasteiger partial charge is 0.492 e. The van der Waals surface area contributed by atoms with Crippen molar-refractivity contribution in [3.05, 3.63) is 76.9 Å². The maximum Gasteiger partial charge on any atom is 0.304 e. The van der Waals surface area contributed by atoms with Gasteiger partial charge in [0.05, 0.1) is 26.2 Å². The normalized spacial score (nSPS) is 20.2. The third-order valence-corrected chi connectivity index (χ3v) is 7.40. The smallest absolute Gasteiger partial charge is 0.304 e. The fraction of sp³-hybridized carbons (Fsp3) is 0.367.